The summed E-state index contributed by atoms with van der Waals surface area (Å²) in [7, 11) is 1.60. The molecule has 1 N–H and O–H groups in total. The van der Waals surface area contributed by atoms with Gasteiger partial charge in [0.2, 0.25) is 0 Å². The quantitative estimate of drug-likeness (QED) is 0.917. The van der Waals surface area contributed by atoms with Crippen molar-refractivity contribution in [3.05, 3.63) is 33.2 Å². The number of aromatic nitrogens is 1. The molecule has 19 heavy (non-hydrogen) atoms. The van der Waals surface area contributed by atoms with Crippen molar-refractivity contribution >= 4 is 33.2 Å². The van der Waals surface area contributed by atoms with Crippen molar-refractivity contribution < 1.29 is 14.6 Å². The SMILES string of the molecule is CCc1nc(-c2ccc(OC)c(Br)c2)sc1C(=O)O. The molecule has 0 atom stereocenters. The van der Waals surface area contributed by atoms with Crippen LogP contribution in [0.4, 0.5) is 0 Å². The summed E-state index contributed by atoms with van der Waals surface area (Å²) in [6, 6.07) is 5.57. The van der Waals surface area contributed by atoms with Crippen molar-refractivity contribution in [1.82, 2.24) is 4.98 Å². The molecule has 100 valence electrons. The molecule has 0 aliphatic rings. The van der Waals surface area contributed by atoms with E-state index in [1.165, 1.54) is 11.3 Å². The monoisotopic (exact) mass is 341 g/mol. The van der Waals surface area contributed by atoms with Crippen molar-refractivity contribution in [2.75, 3.05) is 7.11 Å². The van der Waals surface area contributed by atoms with Gasteiger partial charge in [0.25, 0.3) is 0 Å². The first-order valence-electron chi connectivity index (χ1n) is 5.63. The molecule has 0 aliphatic carbocycles. The Labute approximate surface area is 123 Å². The molecule has 0 unspecified atom stereocenters. The van der Waals surface area contributed by atoms with Crippen LogP contribution in [0.25, 0.3) is 10.6 Å². The minimum absolute atomic E-state index is 0.310. The lowest BCUT2D eigenvalue weighted by molar-refractivity contribution is 0.0701. The van der Waals surface area contributed by atoms with Crippen molar-refractivity contribution in [3.8, 4) is 16.3 Å². The first-order valence-corrected chi connectivity index (χ1v) is 7.24. The number of carboxylic acids is 1. The molecule has 0 radical (unpaired) electrons. The van der Waals surface area contributed by atoms with E-state index < -0.39 is 5.97 Å². The van der Waals surface area contributed by atoms with Gasteiger partial charge < -0.3 is 9.84 Å². The van der Waals surface area contributed by atoms with E-state index in [1.807, 2.05) is 25.1 Å². The fourth-order valence-electron chi connectivity index (χ4n) is 1.68. The highest BCUT2D eigenvalue weighted by atomic mass is 79.9. The van der Waals surface area contributed by atoms with Gasteiger partial charge in [-0.2, -0.15) is 0 Å². The highest BCUT2D eigenvalue weighted by Crippen LogP contribution is 2.33. The molecule has 6 heteroatoms. The largest absolute Gasteiger partial charge is 0.496 e. The third kappa shape index (κ3) is 2.79. The van der Waals surface area contributed by atoms with Gasteiger partial charge in [0.1, 0.15) is 15.6 Å². The standard InChI is InChI=1S/C13H12BrNO3S/c1-3-9-11(13(16)17)19-12(15-9)7-4-5-10(18-2)8(14)6-7/h4-6H,3H2,1-2H3,(H,16,17). The van der Waals surface area contributed by atoms with E-state index >= 15 is 0 Å². The van der Waals surface area contributed by atoms with Crippen LogP contribution in [0.15, 0.2) is 22.7 Å². The van der Waals surface area contributed by atoms with Crippen LogP contribution in [-0.4, -0.2) is 23.2 Å². The molecule has 0 spiro atoms. The third-order valence-corrected chi connectivity index (χ3v) is 4.38. The van der Waals surface area contributed by atoms with Gasteiger partial charge in [0.05, 0.1) is 17.3 Å². The van der Waals surface area contributed by atoms with E-state index in [9.17, 15) is 4.79 Å². The Morgan fingerprint density at radius 3 is 2.74 bits per heavy atom. The zero-order valence-electron chi connectivity index (χ0n) is 10.4. The van der Waals surface area contributed by atoms with Gasteiger partial charge in [-0.3, -0.25) is 0 Å². The van der Waals surface area contributed by atoms with Crippen LogP contribution in [0.1, 0.15) is 22.3 Å². The topological polar surface area (TPSA) is 59.4 Å². The lowest BCUT2D eigenvalue weighted by Crippen LogP contribution is -1.97. The van der Waals surface area contributed by atoms with Crippen LogP contribution in [0.2, 0.25) is 0 Å². The Kier molecular flexibility index (Phi) is 4.21. The van der Waals surface area contributed by atoms with Gasteiger partial charge in [-0.1, -0.05) is 6.92 Å². The average molecular weight is 342 g/mol. The molecule has 0 bridgehead atoms. The van der Waals surface area contributed by atoms with Crippen LogP contribution in [0.3, 0.4) is 0 Å². The van der Waals surface area contributed by atoms with E-state index in [1.54, 1.807) is 7.11 Å². The second-order valence-electron chi connectivity index (χ2n) is 3.80. The molecule has 1 aromatic carbocycles. The second-order valence-corrected chi connectivity index (χ2v) is 5.66. The predicted molar refractivity (Wildman–Crippen MR) is 78.1 cm³/mol. The Bertz CT molecular complexity index is 624. The normalized spacial score (nSPS) is 10.5. The number of carbonyl (C=O) groups is 1. The molecule has 1 aromatic heterocycles. The summed E-state index contributed by atoms with van der Waals surface area (Å²) < 4.78 is 5.98. The Morgan fingerprint density at radius 2 is 2.26 bits per heavy atom. The fraction of sp³-hybridized carbons (Fsp3) is 0.231. The molecule has 0 amide bonds. The van der Waals surface area contributed by atoms with Crippen LogP contribution in [0, 0.1) is 0 Å². The molecule has 0 saturated heterocycles. The number of benzene rings is 1. The van der Waals surface area contributed by atoms with Crippen LogP contribution in [-0.2, 0) is 6.42 Å². The number of hydrogen-bond acceptors (Lipinski definition) is 4. The Hall–Kier alpha value is -1.40. The smallest absolute Gasteiger partial charge is 0.347 e. The summed E-state index contributed by atoms with van der Waals surface area (Å²) in [5, 5.41) is 9.84. The van der Waals surface area contributed by atoms with Gasteiger partial charge in [0.15, 0.2) is 0 Å². The predicted octanol–water partition coefficient (Wildman–Crippen LogP) is 3.84. The van der Waals surface area contributed by atoms with E-state index in [4.69, 9.17) is 9.84 Å². The summed E-state index contributed by atoms with van der Waals surface area (Å²) >= 11 is 4.61. The van der Waals surface area contributed by atoms with E-state index in [0.29, 0.717) is 22.0 Å². The molecule has 0 aliphatic heterocycles. The zero-order valence-corrected chi connectivity index (χ0v) is 12.8. The number of nitrogens with zero attached hydrogens (tertiary/aromatic N) is 1. The minimum atomic E-state index is -0.923. The molecule has 2 aromatic rings. The lowest BCUT2D eigenvalue weighted by atomic mass is 10.2. The van der Waals surface area contributed by atoms with Gasteiger partial charge in [0, 0.05) is 5.56 Å². The lowest BCUT2D eigenvalue weighted by Gasteiger charge is -2.04. The number of carboxylic acid groups (broad SMARTS) is 1. The maximum atomic E-state index is 11.1. The molecule has 2 rings (SSSR count). The van der Waals surface area contributed by atoms with Crippen molar-refractivity contribution in [3.63, 3.8) is 0 Å². The molecule has 0 saturated carbocycles. The number of thiazole rings is 1. The van der Waals surface area contributed by atoms with Crippen LogP contribution in [0.5, 0.6) is 5.75 Å². The summed E-state index contributed by atoms with van der Waals surface area (Å²) in [4.78, 5) is 15.8. The van der Waals surface area contributed by atoms with E-state index in [0.717, 1.165) is 15.8 Å². The first kappa shape index (κ1) is 14.0. The van der Waals surface area contributed by atoms with E-state index in [2.05, 4.69) is 20.9 Å². The van der Waals surface area contributed by atoms with Crippen molar-refractivity contribution in [2.45, 2.75) is 13.3 Å². The summed E-state index contributed by atoms with van der Waals surface area (Å²) in [6.45, 7) is 1.90. The highest BCUT2D eigenvalue weighted by molar-refractivity contribution is 9.10. The Balaban J connectivity index is 2.47. The summed E-state index contributed by atoms with van der Waals surface area (Å²) in [5.41, 5.74) is 1.50. The van der Waals surface area contributed by atoms with Crippen molar-refractivity contribution in [1.29, 1.82) is 0 Å². The number of aromatic carboxylic acids is 1. The summed E-state index contributed by atoms with van der Waals surface area (Å²) in [5.74, 6) is -0.192. The average Bonchev–Trinajstić information content (AvgIpc) is 2.83. The molecule has 1 heterocycles. The maximum absolute atomic E-state index is 11.1. The zero-order chi connectivity index (χ0) is 14.0. The number of ether oxygens (including phenoxy) is 1. The van der Waals surface area contributed by atoms with E-state index in [-0.39, 0.29) is 0 Å². The van der Waals surface area contributed by atoms with Gasteiger partial charge >= 0.3 is 5.97 Å². The number of halogens is 1. The van der Waals surface area contributed by atoms with Crippen LogP contribution < -0.4 is 4.74 Å². The third-order valence-electron chi connectivity index (χ3n) is 2.63. The summed E-state index contributed by atoms with van der Waals surface area (Å²) in [6.07, 6.45) is 0.607. The van der Waals surface area contributed by atoms with Crippen LogP contribution >= 0.6 is 27.3 Å². The molecular formula is C13H12BrNO3S. The number of aryl methyl sites for hydroxylation is 1. The first-order chi connectivity index (χ1) is 9.06. The molecule has 0 fully saturated rings. The maximum Gasteiger partial charge on any atom is 0.347 e. The number of methoxy groups -OCH3 is 1. The van der Waals surface area contributed by atoms with Gasteiger partial charge in [-0.05, 0) is 40.5 Å². The molecular weight excluding hydrogens is 330 g/mol. The molecule has 4 nitrogen and oxygen atoms in total. The fourth-order valence-corrected chi connectivity index (χ4v) is 3.21. The minimum Gasteiger partial charge on any atom is -0.496 e. The highest BCUT2D eigenvalue weighted by Gasteiger charge is 2.17. The van der Waals surface area contributed by atoms with Gasteiger partial charge in [-0.15, -0.1) is 11.3 Å². The van der Waals surface area contributed by atoms with Crippen molar-refractivity contribution in [2.24, 2.45) is 0 Å². The second kappa shape index (κ2) is 5.71. The number of hydrogen-bond donors (Lipinski definition) is 1. The Morgan fingerprint density at radius 1 is 1.53 bits per heavy atom. The number of rotatable bonds is 4. The van der Waals surface area contributed by atoms with Gasteiger partial charge in [-0.25, -0.2) is 9.78 Å².